The molecule has 1 heterocycles. The fourth-order valence-corrected chi connectivity index (χ4v) is 2.90. The lowest BCUT2D eigenvalue weighted by molar-refractivity contribution is 0.309. The number of hydrogen-bond donors (Lipinski definition) is 1. The predicted octanol–water partition coefficient (Wildman–Crippen LogP) is 4.34. The first-order valence-corrected chi connectivity index (χ1v) is 9.16. The molecule has 7 heteroatoms. The Morgan fingerprint density at radius 1 is 0.857 bits per heavy atom. The maximum Gasteiger partial charge on any atom is 0.170 e. The zero-order valence-electron chi connectivity index (χ0n) is 16.6. The molecule has 3 rings (SSSR count). The summed E-state index contributed by atoms with van der Waals surface area (Å²) in [4.78, 5) is 0. The van der Waals surface area contributed by atoms with Gasteiger partial charge in [0, 0.05) is 11.6 Å². The number of ether oxygens (including phenoxy) is 4. The summed E-state index contributed by atoms with van der Waals surface area (Å²) >= 11 is 0. The molecule has 0 fully saturated rings. The number of aromatic nitrogens is 3. The standard InChI is InChI=1S/C21H25N3O4/c1-5-6-11-28-15-9-7-14(8-10-15)19-20(23-24-22-19)17-12-16(25-2)13-18(26-3)21(17)27-4/h7-10,12-13H,5-6,11H2,1-4H3,(H,22,23,24). The van der Waals surface area contributed by atoms with Crippen LogP contribution in [-0.2, 0) is 0 Å². The van der Waals surface area contributed by atoms with Gasteiger partial charge in [-0.3, -0.25) is 0 Å². The van der Waals surface area contributed by atoms with Gasteiger partial charge < -0.3 is 18.9 Å². The number of nitrogens with one attached hydrogen (secondary N) is 1. The highest BCUT2D eigenvalue weighted by Gasteiger charge is 2.21. The van der Waals surface area contributed by atoms with E-state index in [1.165, 1.54) is 0 Å². The second kappa shape index (κ2) is 9.12. The molecule has 1 N–H and O–H groups in total. The van der Waals surface area contributed by atoms with Gasteiger partial charge in [-0.1, -0.05) is 13.3 Å². The first kappa shape index (κ1) is 19.5. The van der Waals surface area contributed by atoms with Crippen molar-refractivity contribution in [3.8, 4) is 45.5 Å². The van der Waals surface area contributed by atoms with Gasteiger partial charge in [0.2, 0.25) is 0 Å². The maximum atomic E-state index is 5.73. The highest BCUT2D eigenvalue weighted by Crippen LogP contribution is 2.43. The smallest absolute Gasteiger partial charge is 0.170 e. The highest BCUT2D eigenvalue weighted by atomic mass is 16.5. The molecule has 148 valence electrons. The minimum Gasteiger partial charge on any atom is -0.497 e. The molecule has 0 spiro atoms. The van der Waals surface area contributed by atoms with Crippen LogP contribution < -0.4 is 18.9 Å². The number of H-pyrrole nitrogens is 1. The van der Waals surface area contributed by atoms with Gasteiger partial charge >= 0.3 is 0 Å². The number of nitrogens with zero attached hydrogens (tertiary/aromatic N) is 2. The van der Waals surface area contributed by atoms with Crippen LogP contribution in [0.25, 0.3) is 22.5 Å². The molecular weight excluding hydrogens is 358 g/mol. The molecule has 0 radical (unpaired) electrons. The quantitative estimate of drug-likeness (QED) is 0.554. The summed E-state index contributed by atoms with van der Waals surface area (Å²) in [6.07, 6.45) is 2.14. The van der Waals surface area contributed by atoms with Crippen LogP contribution in [0, 0.1) is 0 Å². The summed E-state index contributed by atoms with van der Waals surface area (Å²) in [6.45, 7) is 2.85. The molecule has 0 saturated heterocycles. The van der Waals surface area contributed by atoms with Gasteiger partial charge in [0.15, 0.2) is 11.5 Å². The lowest BCUT2D eigenvalue weighted by atomic mass is 10.0. The van der Waals surface area contributed by atoms with Crippen molar-refractivity contribution >= 4 is 0 Å². The minimum absolute atomic E-state index is 0.561. The SMILES string of the molecule is CCCCOc1ccc(-c2n[nH]nc2-c2cc(OC)cc(OC)c2OC)cc1. The van der Waals surface area contributed by atoms with Gasteiger partial charge in [-0.15, -0.1) is 0 Å². The maximum absolute atomic E-state index is 5.73. The Morgan fingerprint density at radius 3 is 2.25 bits per heavy atom. The van der Waals surface area contributed by atoms with E-state index >= 15 is 0 Å². The van der Waals surface area contributed by atoms with Crippen LogP contribution in [0.2, 0.25) is 0 Å². The second-order valence-corrected chi connectivity index (χ2v) is 6.16. The van der Waals surface area contributed by atoms with E-state index in [0.717, 1.165) is 29.7 Å². The molecular formula is C21H25N3O4. The molecule has 7 nitrogen and oxygen atoms in total. The molecule has 1 aromatic heterocycles. The molecule has 0 saturated carbocycles. The molecule has 3 aromatic rings. The van der Waals surface area contributed by atoms with E-state index in [-0.39, 0.29) is 0 Å². The normalized spacial score (nSPS) is 10.6. The Hall–Kier alpha value is -3.22. The number of rotatable bonds is 9. The van der Waals surface area contributed by atoms with Crippen LogP contribution >= 0.6 is 0 Å². The lowest BCUT2D eigenvalue weighted by Gasteiger charge is -2.14. The van der Waals surface area contributed by atoms with Crippen LogP contribution in [0.5, 0.6) is 23.0 Å². The van der Waals surface area contributed by atoms with Gasteiger partial charge in [-0.2, -0.15) is 15.4 Å². The first-order chi connectivity index (χ1) is 13.7. The largest absolute Gasteiger partial charge is 0.497 e. The Bertz CT molecular complexity index is 907. The summed E-state index contributed by atoms with van der Waals surface area (Å²) in [7, 11) is 4.78. The number of benzene rings is 2. The monoisotopic (exact) mass is 383 g/mol. The zero-order valence-corrected chi connectivity index (χ0v) is 16.6. The van der Waals surface area contributed by atoms with E-state index in [4.69, 9.17) is 18.9 Å². The Kier molecular flexibility index (Phi) is 6.37. The first-order valence-electron chi connectivity index (χ1n) is 9.16. The van der Waals surface area contributed by atoms with Crippen LogP contribution in [0.15, 0.2) is 36.4 Å². The van der Waals surface area contributed by atoms with Crippen molar-refractivity contribution in [1.29, 1.82) is 0 Å². The van der Waals surface area contributed by atoms with Gasteiger partial charge in [0.1, 0.15) is 22.9 Å². The molecule has 0 atom stereocenters. The third-order valence-corrected chi connectivity index (χ3v) is 4.39. The van der Waals surface area contributed by atoms with Crippen molar-refractivity contribution in [1.82, 2.24) is 15.4 Å². The third-order valence-electron chi connectivity index (χ3n) is 4.39. The molecule has 0 aliphatic heterocycles. The Balaban J connectivity index is 1.98. The summed E-state index contributed by atoms with van der Waals surface area (Å²) in [6, 6.07) is 11.4. The number of methoxy groups -OCH3 is 3. The number of hydrogen-bond acceptors (Lipinski definition) is 6. The van der Waals surface area contributed by atoms with Gasteiger partial charge in [0.25, 0.3) is 0 Å². The van der Waals surface area contributed by atoms with E-state index < -0.39 is 0 Å². The second-order valence-electron chi connectivity index (χ2n) is 6.16. The lowest BCUT2D eigenvalue weighted by Crippen LogP contribution is -1.97. The summed E-state index contributed by atoms with van der Waals surface area (Å²) in [5, 5.41) is 11.4. The van der Waals surface area contributed by atoms with Crippen molar-refractivity contribution in [2.75, 3.05) is 27.9 Å². The third kappa shape index (κ3) is 4.03. The molecule has 2 aromatic carbocycles. The van der Waals surface area contributed by atoms with E-state index in [2.05, 4.69) is 22.3 Å². The fourth-order valence-electron chi connectivity index (χ4n) is 2.90. The topological polar surface area (TPSA) is 78.5 Å². The molecule has 0 bridgehead atoms. The van der Waals surface area contributed by atoms with Gasteiger partial charge in [-0.25, -0.2) is 0 Å². The number of unbranched alkanes of at least 4 members (excludes halogenated alkanes) is 1. The molecule has 0 aliphatic rings. The van der Waals surface area contributed by atoms with Gasteiger partial charge in [-0.05, 0) is 36.8 Å². The van der Waals surface area contributed by atoms with E-state index in [0.29, 0.717) is 35.2 Å². The Labute approximate surface area is 164 Å². The van der Waals surface area contributed by atoms with Crippen LogP contribution in [0.4, 0.5) is 0 Å². The fraction of sp³-hybridized carbons (Fsp3) is 0.333. The average molecular weight is 383 g/mol. The molecule has 0 unspecified atom stereocenters. The van der Waals surface area contributed by atoms with Gasteiger partial charge in [0.05, 0.1) is 33.5 Å². The predicted molar refractivity (Wildman–Crippen MR) is 107 cm³/mol. The van der Waals surface area contributed by atoms with E-state index in [1.807, 2.05) is 30.3 Å². The van der Waals surface area contributed by atoms with Crippen molar-refractivity contribution in [3.63, 3.8) is 0 Å². The highest BCUT2D eigenvalue weighted by molar-refractivity contribution is 5.83. The zero-order chi connectivity index (χ0) is 19.9. The van der Waals surface area contributed by atoms with Crippen molar-refractivity contribution < 1.29 is 18.9 Å². The number of aromatic amines is 1. The molecule has 28 heavy (non-hydrogen) atoms. The average Bonchev–Trinajstić information content (AvgIpc) is 3.23. The van der Waals surface area contributed by atoms with Crippen LogP contribution in [-0.4, -0.2) is 43.3 Å². The Morgan fingerprint density at radius 2 is 1.61 bits per heavy atom. The minimum atomic E-state index is 0.561. The van der Waals surface area contributed by atoms with Crippen molar-refractivity contribution in [2.45, 2.75) is 19.8 Å². The van der Waals surface area contributed by atoms with Crippen LogP contribution in [0.3, 0.4) is 0 Å². The summed E-state index contributed by atoms with van der Waals surface area (Å²) in [5.74, 6) is 2.60. The van der Waals surface area contributed by atoms with Crippen molar-refractivity contribution in [2.24, 2.45) is 0 Å². The van der Waals surface area contributed by atoms with Crippen molar-refractivity contribution in [3.05, 3.63) is 36.4 Å². The van der Waals surface area contributed by atoms with Crippen LogP contribution in [0.1, 0.15) is 19.8 Å². The van der Waals surface area contributed by atoms with E-state index in [9.17, 15) is 0 Å². The van der Waals surface area contributed by atoms with E-state index in [1.54, 1.807) is 27.4 Å². The summed E-state index contributed by atoms with van der Waals surface area (Å²) < 4.78 is 22.1. The molecule has 0 aliphatic carbocycles. The summed E-state index contributed by atoms with van der Waals surface area (Å²) in [5.41, 5.74) is 2.99. The molecule has 0 amide bonds.